The van der Waals surface area contributed by atoms with E-state index < -0.39 is 5.97 Å². The van der Waals surface area contributed by atoms with E-state index in [1.807, 2.05) is 26.1 Å². The molecule has 0 radical (unpaired) electrons. The van der Waals surface area contributed by atoms with E-state index in [4.69, 9.17) is 9.72 Å². The molecule has 1 saturated carbocycles. The van der Waals surface area contributed by atoms with Gasteiger partial charge in [-0.15, -0.1) is 0 Å². The van der Waals surface area contributed by atoms with Crippen molar-refractivity contribution >= 4 is 40.4 Å². The molecule has 0 saturated heterocycles. The normalized spacial score (nSPS) is 21.8. The number of imidazole rings is 1. The van der Waals surface area contributed by atoms with E-state index >= 15 is 0 Å². The molecular weight excluding hydrogens is 456 g/mol. The first-order valence-electron chi connectivity index (χ1n) is 12.7. The summed E-state index contributed by atoms with van der Waals surface area (Å²) < 4.78 is 7.33. The van der Waals surface area contributed by atoms with Crippen LogP contribution in [0.1, 0.15) is 56.2 Å². The summed E-state index contributed by atoms with van der Waals surface area (Å²) in [7, 11) is 3.42. The van der Waals surface area contributed by atoms with Crippen molar-refractivity contribution in [2.45, 2.75) is 64.5 Å². The highest BCUT2D eigenvalue weighted by Crippen LogP contribution is 2.43. The van der Waals surface area contributed by atoms with Crippen LogP contribution in [-0.4, -0.2) is 46.9 Å². The molecule has 0 bridgehead atoms. The summed E-state index contributed by atoms with van der Waals surface area (Å²) in [4.78, 5) is 33.5. The number of carbonyl (C=O) groups excluding carboxylic acids is 1. The highest BCUT2D eigenvalue weighted by Gasteiger charge is 2.35. The Kier molecular flexibility index (Phi) is 6.36. The lowest BCUT2D eigenvalue weighted by molar-refractivity contribution is -0.143. The number of rotatable bonds is 4. The summed E-state index contributed by atoms with van der Waals surface area (Å²) in [5, 5.41) is 9.75. The smallest absolute Gasteiger partial charge is 0.414 e. The average Bonchev–Trinajstić information content (AvgIpc) is 3.28. The molecule has 3 aromatic rings. The number of nitrogens with zero attached hydrogens (tertiary/aromatic N) is 4. The zero-order valence-corrected chi connectivity index (χ0v) is 21.4. The molecule has 3 atom stereocenters. The summed E-state index contributed by atoms with van der Waals surface area (Å²) >= 11 is 0. The lowest BCUT2D eigenvalue weighted by Crippen LogP contribution is -2.42. The van der Waals surface area contributed by atoms with Crippen molar-refractivity contribution in [2.75, 3.05) is 24.0 Å². The molecule has 0 spiro atoms. The highest BCUT2D eigenvalue weighted by molar-refractivity contribution is 5.96. The number of hydrogen-bond donors (Lipinski definition) is 1. The summed E-state index contributed by atoms with van der Waals surface area (Å²) in [6.45, 7) is 4.10. The number of aryl methyl sites for hydroxylation is 2. The number of hydrogen-bond acceptors (Lipinski definition) is 5. The molecule has 2 aliphatic rings. The lowest BCUT2D eigenvalue weighted by Gasteiger charge is -2.34. The van der Waals surface area contributed by atoms with E-state index in [1.165, 1.54) is 12.7 Å². The predicted octanol–water partition coefficient (Wildman–Crippen LogP) is 5.84. The molecule has 1 amide bonds. The molecule has 8 nitrogen and oxygen atoms in total. The number of carbonyl (C=O) groups is 2. The number of benzene rings is 2. The number of ether oxygens (including phenoxy) is 1. The van der Waals surface area contributed by atoms with E-state index in [0.29, 0.717) is 12.8 Å². The Morgan fingerprint density at radius 3 is 2.56 bits per heavy atom. The van der Waals surface area contributed by atoms with Crippen LogP contribution in [0.5, 0.6) is 0 Å². The molecule has 0 unspecified atom stereocenters. The Bertz CT molecular complexity index is 1300. The molecule has 8 heteroatoms. The van der Waals surface area contributed by atoms with E-state index in [9.17, 15) is 14.7 Å². The predicted molar refractivity (Wildman–Crippen MR) is 140 cm³/mol. The van der Waals surface area contributed by atoms with E-state index in [2.05, 4.69) is 40.7 Å². The maximum absolute atomic E-state index is 12.6. The van der Waals surface area contributed by atoms with Gasteiger partial charge in [-0.3, -0.25) is 9.69 Å². The quantitative estimate of drug-likeness (QED) is 0.495. The first-order chi connectivity index (χ1) is 17.3. The molecule has 2 heterocycles. The van der Waals surface area contributed by atoms with Crippen molar-refractivity contribution in [1.29, 1.82) is 0 Å². The monoisotopic (exact) mass is 490 g/mol. The first kappa shape index (κ1) is 24.2. The minimum atomic E-state index is -0.724. The first-order valence-corrected chi connectivity index (χ1v) is 12.7. The summed E-state index contributed by atoms with van der Waals surface area (Å²) in [5.41, 5.74) is 5.94. The topological polar surface area (TPSA) is 87.9 Å². The molecule has 1 aromatic heterocycles. The molecule has 36 heavy (non-hydrogen) atoms. The molecule has 190 valence electrons. The van der Waals surface area contributed by atoms with Crippen molar-refractivity contribution in [3.05, 3.63) is 47.5 Å². The highest BCUT2D eigenvalue weighted by atomic mass is 16.5. The zero-order chi connectivity index (χ0) is 25.6. The fourth-order valence-electron chi connectivity index (χ4n) is 5.87. The number of anilines is 3. The van der Waals surface area contributed by atoms with Gasteiger partial charge in [-0.1, -0.05) is 24.1 Å². The van der Waals surface area contributed by atoms with Crippen molar-refractivity contribution in [3.8, 4) is 0 Å². The van der Waals surface area contributed by atoms with Gasteiger partial charge in [-0.05, 0) is 70.2 Å². The zero-order valence-electron chi connectivity index (χ0n) is 21.4. The second-order valence-corrected chi connectivity index (χ2v) is 10.2. The number of methoxy groups -OCH3 is 1. The van der Waals surface area contributed by atoms with Gasteiger partial charge in [-0.2, -0.15) is 0 Å². The summed E-state index contributed by atoms with van der Waals surface area (Å²) in [5.74, 6) is -0.286. The van der Waals surface area contributed by atoms with E-state index in [-0.39, 0.29) is 24.1 Å². The third kappa shape index (κ3) is 4.08. The number of aliphatic carboxylic acids is 1. The number of fused-ring (bicyclic) bond motifs is 3. The van der Waals surface area contributed by atoms with Crippen LogP contribution in [0, 0.1) is 12.8 Å². The van der Waals surface area contributed by atoms with Gasteiger partial charge in [0, 0.05) is 30.4 Å². The Balaban J connectivity index is 1.69. The van der Waals surface area contributed by atoms with Crippen LogP contribution < -0.4 is 9.80 Å². The molecule has 1 aliphatic carbocycles. The van der Waals surface area contributed by atoms with E-state index in [1.54, 1.807) is 4.90 Å². The SMILES string of the molecule is COC(=O)N1c2ccc3c(nc(N(C)c4ccc(C)cc4)n3[C@@H]3CCC[C@@H](C(=O)O)C3)c2CC[C@@H]1C. The molecule has 1 fully saturated rings. The standard InChI is InChI=1S/C28H34N4O4/c1-17-8-11-20(12-9-17)30(3)27-29-25-22-13-10-18(2)31(28(35)36-4)23(22)14-15-24(25)32(27)21-7-5-6-19(16-21)26(33)34/h8-9,11-12,14-15,18-19,21H,5-7,10,13,16H2,1-4H3,(H,33,34)/t18-,19+,21+/m0/s1. The van der Waals surface area contributed by atoms with Gasteiger partial charge >= 0.3 is 12.1 Å². The third-order valence-electron chi connectivity index (χ3n) is 7.89. The van der Waals surface area contributed by atoms with Crippen LogP contribution in [-0.2, 0) is 16.0 Å². The average molecular weight is 491 g/mol. The lowest BCUT2D eigenvalue weighted by atomic mass is 9.85. The molecule has 1 N–H and O–H groups in total. The Morgan fingerprint density at radius 2 is 1.86 bits per heavy atom. The van der Waals surface area contributed by atoms with Gasteiger partial charge in [0.2, 0.25) is 5.95 Å². The van der Waals surface area contributed by atoms with Crippen LogP contribution in [0.25, 0.3) is 11.0 Å². The fourth-order valence-corrected chi connectivity index (χ4v) is 5.87. The van der Waals surface area contributed by atoms with Gasteiger partial charge in [-0.25, -0.2) is 9.78 Å². The Labute approximate surface area is 211 Å². The van der Waals surface area contributed by atoms with Crippen LogP contribution >= 0.6 is 0 Å². The maximum atomic E-state index is 12.6. The second-order valence-electron chi connectivity index (χ2n) is 10.2. The molecule has 5 rings (SSSR count). The maximum Gasteiger partial charge on any atom is 0.414 e. The summed E-state index contributed by atoms with van der Waals surface area (Å²) in [6.07, 6.45) is 4.34. The Hall–Kier alpha value is -3.55. The Morgan fingerprint density at radius 1 is 1.11 bits per heavy atom. The number of amides is 1. The number of aromatic nitrogens is 2. The van der Waals surface area contributed by atoms with Crippen molar-refractivity contribution in [2.24, 2.45) is 5.92 Å². The fraction of sp³-hybridized carbons (Fsp3) is 0.464. The van der Waals surface area contributed by atoms with Crippen molar-refractivity contribution in [3.63, 3.8) is 0 Å². The van der Waals surface area contributed by atoms with E-state index in [0.717, 1.165) is 59.6 Å². The van der Waals surface area contributed by atoms with Crippen LogP contribution in [0.2, 0.25) is 0 Å². The van der Waals surface area contributed by atoms with Gasteiger partial charge in [0.05, 0.1) is 29.7 Å². The van der Waals surface area contributed by atoms with Gasteiger partial charge in [0.25, 0.3) is 0 Å². The molecular formula is C28H34N4O4. The van der Waals surface area contributed by atoms with Crippen molar-refractivity contribution < 1.29 is 19.4 Å². The number of carboxylic acids is 1. The van der Waals surface area contributed by atoms with Crippen LogP contribution in [0.3, 0.4) is 0 Å². The minimum Gasteiger partial charge on any atom is -0.481 e. The minimum absolute atomic E-state index is 0.0324. The van der Waals surface area contributed by atoms with Crippen LogP contribution in [0.15, 0.2) is 36.4 Å². The van der Waals surface area contributed by atoms with Gasteiger partial charge < -0.3 is 19.3 Å². The van der Waals surface area contributed by atoms with Gasteiger partial charge in [0.15, 0.2) is 0 Å². The van der Waals surface area contributed by atoms with Gasteiger partial charge in [0.1, 0.15) is 0 Å². The number of carboxylic acid groups (broad SMARTS) is 1. The second kappa shape index (κ2) is 9.48. The third-order valence-corrected chi connectivity index (χ3v) is 7.89. The largest absolute Gasteiger partial charge is 0.481 e. The van der Waals surface area contributed by atoms with Crippen LogP contribution in [0.4, 0.5) is 22.1 Å². The molecule has 2 aromatic carbocycles. The van der Waals surface area contributed by atoms with Crippen molar-refractivity contribution in [1.82, 2.24) is 9.55 Å². The summed E-state index contributed by atoms with van der Waals surface area (Å²) in [6, 6.07) is 12.4. The molecule has 1 aliphatic heterocycles.